The minimum absolute atomic E-state index is 0.391. The molecule has 4 aliphatic rings. The standard InChI is InChI=1S/C15H18O4/c1-6-8-4-11(8)14(3)9(6)5-10-7(2)12(16)19-15(10,18)13(14)17/h8,11,13,17-18H,4-5H2,1-3H3/t8-,11-,13+,14-,15-/m1/s1. The molecule has 0 aromatic carbocycles. The summed E-state index contributed by atoms with van der Waals surface area (Å²) in [6.07, 6.45) is 0.568. The van der Waals surface area contributed by atoms with Gasteiger partial charge in [0, 0.05) is 16.6 Å². The van der Waals surface area contributed by atoms with E-state index in [2.05, 4.69) is 6.92 Å². The molecule has 0 bridgehead atoms. The summed E-state index contributed by atoms with van der Waals surface area (Å²) in [6.45, 7) is 5.79. The second kappa shape index (κ2) is 2.96. The lowest BCUT2D eigenvalue weighted by atomic mass is 9.63. The van der Waals surface area contributed by atoms with Crippen LogP contribution in [0.4, 0.5) is 0 Å². The SMILES string of the molecule is CC1=C2CC3=C(C)[C@H]4C[C@H]4[C@]3(C)[C@H](O)[C@]2(O)OC1=O. The molecule has 0 spiro atoms. The van der Waals surface area contributed by atoms with E-state index in [9.17, 15) is 15.0 Å². The quantitative estimate of drug-likeness (QED) is 0.510. The monoisotopic (exact) mass is 262 g/mol. The van der Waals surface area contributed by atoms with E-state index < -0.39 is 23.3 Å². The number of carbonyl (C=O) groups excluding carboxylic acids is 1. The summed E-state index contributed by atoms with van der Waals surface area (Å²) in [5.41, 5.74) is 3.10. The molecule has 2 N–H and O–H groups in total. The molecule has 1 aliphatic heterocycles. The van der Waals surface area contributed by atoms with Crippen molar-refractivity contribution in [3.8, 4) is 0 Å². The summed E-state index contributed by atoms with van der Waals surface area (Å²) >= 11 is 0. The van der Waals surface area contributed by atoms with Gasteiger partial charge in [0.15, 0.2) is 0 Å². The first-order chi connectivity index (χ1) is 8.81. The maximum Gasteiger partial charge on any atom is 0.336 e. The molecule has 0 amide bonds. The number of aliphatic hydroxyl groups is 2. The second-order valence-electron chi connectivity index (χ2n) is 6.66. The maximum absolute atomic E-state index is 11.7. The minimum Gasteiger partial charge on any atom is -0.423 e. The first-order valence-corrected chi connectivity index (χ1v) is 6.86. The van der Waals surface area contributed by atoms with Crippen LogP contribution in [0.1, 0.15) is 33.6 Å². The van der Waals surface area contributed by atoms with Gasteiger partial charge in [-0.2, -0.15) is 0 Å². The molecular weight excluding hydrogens is 244 g/mol. The molecule has 4 rings (SSSR count). The van der Waals surface area contributed by atoms with Crippen molar-refractivity contribution >= 4 is 5.97 Å². The summed E-state index contributed by atoms with van der Waals surface area (Å²) in [7, 11) is 0. The molecule has 5 atom stereocenters. The van der Waals surface area contributed by atoms with E-state index in [0.29, 0.717) is 29.4 Å². The Hall–Kier alpha value is -1.13. The number of ether oxygens (including phenoxy) is 1. The molecule has 4 nitrogen and oxygen atoms in total. The maximum atomic E-state index is 11.7. The van der Waals surface area contributed by atoms with Gasteiger partial charge in [0.25, 0.3) is 5.79 Å². The Morgan fingerprint density at radius 1 is 1.32 bits per heavy atom. The lowest BCUT2D eigenvalue weighted by molar-refractivity contribution is -0.242. The topological polar surface area (TPSA) is 66.8 Å². The van der Waals surface area contributed by atoms with Crippen LogP contribution in [0.25, 0.3) is 0 Å². The number of esters is 1. The Labute approximate surface area is 111 Å². The summed E-state index contributed by atoms with van der Waals surface area (Å²) in [6, 6.07) is 0. The van der Waals surface area contributed by atoms with Crippen LogP contribution in [0.2, 0.25) is 0 Å². The molecule has 0 aromatic heterocycles. The minimum atomic E-state index is -1.81. The van der Waals surface area contributed by atoms with Crippen LogP contribution in [0.5, 0.6) is 0 Å². The summed E-state index contributed by atoms with van der Waals surface area (Å²) in [5, 5.41) is 21.4. The van der Waals surface area contributed by atoms with E-state index in [4.69, 9.17) is 4.74 Å². The number of rotatable bonds is 0. The van der Waals surface area contributed by atoms with Gasteiger partial charge >= 0.3 is 5.97 Å². The Morgan fingerprint density at radius 3 is 2.68 bits per heavy atom. The van der Waals surface area contributed by atoms with Crippen LogP contribution in [0.15, 0.2) is 22.3 Å². The molecule has 102 valence electrons. The van der Waals surface area contributed by atoms with E-state index in [1.807, 2.05) is 6.92 Å². The van der Waals surface area contributed by atoms with E-state index in [1.54, 1.807) is 6.92 Å². The van der Waals surface area contributed by atoms with Crippen LogP contribution in [-0.2, 0) is 9.53 Å². The third-order valence-corrected chi connectivity index (χ3v) is 5.97. The molecule has 1 heterocycles. The Bertz CT molecular complexity index is 587. The molecule has 2 fully saturated rings. The number of hydrogen-bond acceptors (Lipinski definition) is 4. The van der Waals surface area contributed by atoms with Crippen molar-refractivity contribution in [1.29, 1.82) is 0 Å². The van der Waals surface area contributed by atoms with Gasteiger partial charge < -0.3 is 14.9 Å². The largest absolute Gasteiger partial charge is 0.423 e. The molecule has 3 aliphatic carbocycles. The third kappa shape index (κ3) is 1.04. The highest BCUT2D eigenvalue weighted by molar-refractivity contribution is 5.92. The van der Waals surface area contributed by atoms with Gasteiger partial charge in [-0.25, -0.2) is 4.79 Å². The number of fused-ring (bicyclic) bond motifs is 4. The average Bonchev–Trinajstić information content (AvgIpc) is 3.07. The second-order valence-corrected chi connectivity index (χ2v) is 6.66. The molecule has 4 heteroatoms. The highest BCUT2D eigenvalue weighted by atomic mass is 16.7. The van der Waals surface area contributed by atoms with Gasteiger partial charge in [-0.15, -0.1) is 0 Å². The molecule has 2 saturated carbocycles. The normalized spacial score (nSPS) is 51.0. The van der Waals surface area contributed by atoms with Crippen molar-refractivity contribution in [3.63, 3.8) is 0 Å². The summed E-state index contributed by atoms with van der Waals surface area (Å²) < 4.78 is 5.12. The van der Waals surface area contributed by atoms with Crippen molar-refractivity contribution < 1.29 is 19.7 Å². The number of carbonyl (C=O) groups is 1. The Balaban J connectivity index is 1.93. The molecule has 0 unspecified atom stereocenters. The van der Waals surface area contributed by atoms with Gasteiger partial charge in [0.1, 0.15) is 6.10 Å². The molecule has 0 aromatic rings. The number of aliphatic hydroxyl groups excluding tert-OH is 1. The lowest BCUT2D eigenvalue weighted by Crippen LogP contribution is -2.57. The zero-order valence-electron chi connectivity index (χ0n) is 11.4. The van der Waals surface area contributed by atoms with Gasteiger partial charge in [-0.05, 0) is 38.5 Å². The third-order valence-electron chi connectivity index (χ3n) is 5.97. The first kappa shape index (κ1) is 11.7. The van der Waals surface area contributed by atoms with Gasteiger partial charge in [-0.3, -0.25) is 0 Å². The molecule has 19 heavy (non-hydrogen) atoms. The van der Waals surface area contributed by atoms with E-state index in [0.717, 1.165) is 6.42 Å². The fourth-order valence-corrected chi connectivity index (χ4v) is 4.64. The molecular formula is C15H18O4. The smallest absolute Gasteiger partial charge is 0.336 e. The highest BCUT2D eigenvalue weighted by Crippen LogP contribution is 2.70. The first-order valence-electron chi connectivity index (χ1n) is 6.86. The lowest BCUT2D eigenvalue weighted by Gasteiger charge is -2.47. The molecule has 0 radical (unpaired) electrons. The van der Waals surface area contributed by atoms with E-state index in [1.165, 1.54) is 11.1 Å². The van der Waals surface area contributed by atoms with Gasteiger partial charge in [0.05, 0.1) is 0 Å². The van der Waals surface area contributed by atoms with Crippen molar-refractivity contribution in [1.82, 2.24) is 0 Å². The van der Waals surface area contributed by atoms with Crippen LogP contribution in [0.3, 0.4) is 0 Å². The van der Waals surface area contributed by atoms with Gasteiger partial charge in [-0.1, -0.05) is 18.1 Å². The number of allylic oxidation sites excluding steroid dienone is 1. The van der Waals surface area contributed by atoms with Gasteiger partial charge in [0.2, 0.25) is 0 Å². The summed E-state index contributed by atoms with van der Waals surface area (Å²) in [5.74, 6) is -1.38. The van der Waals surface area contributed by atoms with Crippen LogP contribution >= 0.6 is 0 Å². The Morgan fingerprint density at radius 2 is 2.00 bits per heavy atom. The fraction of sp³-hybridized carbons (Fsp3) is 0.667. The molecule has 0 saturated heterocycles. The zero-order valence-corrected chi connectivity index (χ0v) is 11.4. The van der Waals surface area contributed by atoms with Crippen molar-refractivity contribution in [2.45, 2.75) is 45.5 Å². The van der Waals surface area contributed by atoms with E-state index in [-0.39, 0.29) is 0 Å². The van der Waals surface area contributed by atoms with Crippen LogP contribution in [-0.4, -0.2) is 28.1 Å². The van der Waals surface area contributed by atoms with Crippen molar-refractivity contribution in [2.75, 3.05) is 0 Å². The predicted molar refractivity (Wildman–Crippen MR) is 66.8 cm³/mol. The van der Waals surface area contributed by atoms with E-state index >= 15 is 0 Å². The summed E-state index contributed by atoms with van der Waals surface area (Å²) in [4.78, 5) is 11.7. The zero-order chi connectivity index (χ0) is 13.7. The van der Waals surface area contributed by atoms with Crippen LogP contribution in [0, 0.1) is 17.3 Å². The van der Waals surface area contributed by atoms with Crippen molar-refractivity contribution in [2.24, 2.45) is 17.3 Å². The number of hydrogen-bond donors (Lipinski definition) is 2. The highest BCUT2D eigenvalue weighted by Gasteiger charge is 2.70. The average molecular weight is 262 g/mol. The van der Waals surface area contributed by atoms with Crippen LogP contribution < -0.4 is 0 Å². The fourth-order valence-electron chi connectivity index (χ4n) is 4.64. The predicted octanol–water partition coefficient (Wildman–Crippen LogP) is 1.29. The Kier molecular flexibility index (Phi) is 1.82. The van der Waals surface area contributed by atoms with Crippen molar-refractivity contribution in [3.05, 3.63) is 22.3 Å².